The van der Waals surface area contributed by atoms with Crippen LogP contribution in [0.3, 0.4) is 0 Å². The second kappa shape index (κ2) is 6.60. The number of hydrogen-bond donors (Lipinski definition) is 2. The van der Waals surface area contributed by atoms with E-state index in [0.717, 1.165) is 0 Å². The molecule has 8 heteroatoms. The predicted molar refractivity (Wildman–Crippen MR) is 85.1 cm³/mol. The van der Waals surface area contributed by atoms with Crippen LogP contribution in [0.1, 0.15) is 89.2 Å². The zero-order chi connectivity index (χ0) is 18.1. The Kier molecular flexibility index (Phi) is 5.10. The Balaban J connectivity index is 2.13. The van der Waals surface area contributed by atoms with Gasteiger partial charge in [0.25, 0.3) is 0 Å². The molecule has 0 unspecified atom stereocenters. The van der Waals surface area contributed by atoms with Crippen LogP contribution >= 0.6 is 0 Å². The van der Waals surface area contributed by atoms with E-state index in [9.17, 15) is 10.2 Å². The highest BCUT2D eigenvalue weighted by Crippen LogP contribution is 2.36. The van der Waals surface area contributed by atoms with Crippen molar-refractivity contribution >= 4 is 0 Å². The van der Waals surface area contributed by atoms with Gasteiger partial charge in [0.15, 0.2) is 0 Å². The average molecular weight is 338 g/mol. The lowest BCUT2D eigenvalue weighted by molar-refractivity contribution is 0.0677. The van der Waals surface area contributed by atoms with Crippen LogP contribution in [0.2, 0.25) is 0 Å². The van der Waals surface area contributed by atoms with Gasteiger partial charge >= 0.3 is 0 Å². The Hall–Kier alpha value is -1.80. The smallest absolute Gasteiger partial charge is 0.139 e. The average Bonchev–Trinajstić information content (AvgIpc) is 3.12. The summed E-state index contributed by atoms with van der Waals surface area (Å²) in [6.07, 6.45) is 0.257. The van der Waals surface area contributed by atoms with Gasteiger partial charge in [0.05, 0.1) is 0 Å². The lowest BCUT2D eigenvalue weighted by atomic mass is 9.80. The molecular formula is C16H26N4O4. The van der Waals surface area contributed by atoms with Crippen molar-refractivity contribution in [2.24, 2.45) is 0 Å². The van der Waals surface area contributed by atoms with Crippen molar-refractivity contribution in [2.45, 2.75) is 77.4 Å². The molecule has 2 aromatic heterocycles. The molecule has 0 aliphatic heterocycles. The van der Waals surface area contributed by atoms with Crippen molar-refractivity contribution in [3.8, 4) is 0 Å². The van der Waals surface area contributed by atoms with E-state index in [1.54, 1.807) is 13.8 Å². The minimum absolute atomic E-state index is 0.121. The summed E-state index contributed by atoms with van der Waals surface area (Å²) < 4.78 is 9.59. The zero-order valence-electron chi connectivity index (χ0n) is 15.1. The van der Waals surface area contributed by atoms with Gasteiger partial charge in [-0.3, -0.25) is 0 Å². The van der Waals surface area contributed by atoms with E-state index in [2.05, 4.69) is 20.6 Å². The van der Waals surface area contributed by atoms with Gasteiger partial charge < -0.3 is 10.2 Å². The van der Waals surface area contributed by atoms with Crippen LogP contribution in [0.4, 0.5) is 0 Å². The molecule has 0 spiro atoms. The lowest BCUT2D eigenvalue weighted by Gasteiger charge is -2.26. The molecule has 2 heterocycles. The molecule has 0 aromatic carbocycles. The van der Waals surface area contributed by atoms with Crippen LogP contribution in [0.5, 0.6) is 0 Å². The van der Waals surface area contributed by atoms with E-state index in [1.165, 1.54) is 0 Å². The third-order valence-electron chi connectivity index (χ3n) is 4.16. The first-order valence-corrected chi connectivity index (χ1v) is 8.10. The maximum atomic E-state index is 10.5. The Labute approximate surface area is 141 Å². The van der Waals surface area contributed by atoms with Gasteiger partial charge in [0.2, 0.25) is 0 Å². The molecule has 0 bridgehead atoms. The minimum Gasteiger partial charge on any atom is -0.387 e. The van der Waals surface area contributed by atoms with Crippen molar-refractivity contribution in [3.05, 3.63) is 22.8 Å². The molecule has 0 aliphatic rings. The first-order chi connectivity index (χ1) is 11.0. The zero-order valence-corrected chi connectivity index (χ0v) is 15.1. The monoisotopic (exact) mass is 338 g/mol. The maximum Gasteiger partial charge on any atom is 0.139 e. The number of aliphatic hydroxyl groups excluding tert-OH is 1. The van der Waals surface area contributed by atoms with Crippen LogP contribution < -0.4 is 0 Å². The molecule has 2 rings (SSSR count). The van der Waals surface area contributed by atoms with Crippen molar-refractivity contribution in [3.63, 3.8) is 0 Å². The maximum absolute atomic E-state index is 10.5. The molecule has 8 nitrogen and oxygen atoms in total. The van der Waals surface area contributed by atoms with Gasteiger partial charge in [-0.1, -0.05) is 48.3 Å². The fraction of sp³-hybridized carbons (Fsp3) is 0.750. The van der Waals surface area contributed by atoms with Crippen LogP contribution in [0, 0.1) is 0 Å². The second-order valence-electron chi connectivity index (χ2n) is 7.65. The Morgan fingerprint density at radius 2 is 1.46 bits per heavy atom. The first kappa shape index (κ1) is 18.5. The van der Waals surface area contributed by atoms with E-state index in [0.29, 0.717) is 35.6 Å². The van der Waals surface area contributed by atoms with Crippen molar-refractivity contribution in [2.75, 3.05) is 0 Å². The Morgan fingerprint density at radius 3 is 2.04 bits per heavy atom. The van der Waals surface area contributed by atoms with Gasteiger partial charge in [-0.05, 0) is 26.7 Å². The van der Waals surface area contributed by atoms with Crippen molar-refractivity contribution < 1.29 is 19.5 Å². The van der Waals surface area contributed by atoms with Crippen LogP contribution in [0.25, 0.3) is 0 Å². The fourth-order valence-corrected chi connectivity index (χ4v) is 2.62. The molecule has 0 radical (unpaired) electrons. The summed E-state index contributed by atoms with van der Waals surface area (Å²) >= 11 is 0. The molecule has 24 heavy (non-hydrogen) atoms. The van der Waals surface area contributed by atoms with Crippen molar-refractivity contribution in [1.82, 2.24) is 20.6 Å². The molecule has 1 atom stereocenters. The normalized spacial score (nSPS) is 14.4. The van der Waals surface area contributed by atoms with Crippen LogP contribution in [-0.4, -0.2) is 30.8 Å². The molecule has 2 N–H and O–H groups in total. The quantitative estimate of drug-likeness (QED) is 0.790. The van der Waals surface area contributed by atoms with E-state index in [-0.39, 0.29) is 5.92 Å². The van der Waals surface area contributed by atoms with Gasteiger partial charge in [0, 0.05) is 11.3 Å². The summed E-state index contributed by atoms with van der Waals surface area (Å²) in [5.74, 6) is 0.121. The fourth-order valence-electron chi connectivity index (χ4n) is 2.62. The van der Waals surface area contributed by atoms with Crippen LogP contribution in [-0.2, 0) is 11.0 Å². The minimum atomic E-state index is -1.15. The summed E-state index contributed by atoms with van der Waals surface area (Å²) in [4.78, 5) is 0. The number of hydrogen-bond acceptors (Lipinski definition) is 8. The number of aliphatic hydroxyl groups is 2. The summed E-state index contributed by atoms with van der Waals surface area (Å²) in [5, 5.41) is 36.2. The highest BCUT2D eigenvalue weighted by molar-refractivity contribution is 5.23. The van der Waals surface area contributed by atoms with E-state index < -0.39 is 17.1 Å². The summed E-state index contributed by atoms with van der Waals surface area (Å²) in [6, 6.07) is 0. The third kappa shape index (κ3) is 3.81. The van der Waals surface area contributed by atoms with E-state index >= 15 is 0 Å². The molecule has 0 saturated heterocycles. The predicted octanol–water partition coefficient (Wildman–Crippen LogP) is 2.59. The van der Waals surface area contributed by atoms with Gasteiger partial charge in [0.1, 0.15) is 34.5 Å². The van der Waals surface area contributed by atoms with E-state index in [4.69, 9.17) is 9.26 Å². The number of rotatable bonds is 7. The number of nitrogens with zero attached hydrogens (tertiary/aromatic N) is 4. The van der Waals surface area contributed by atoms with Crippen molar-refractivity contribution in [1.29, 1.82) is 0 Å². The molecule has 0 fully saturated rings. The Morgan fingerprint density at radius 1 is 0.917 bits per heavy atom. The topological polar surface area (TPSA) is 118 Å². The summed E-state index contributed by atoms with van der Waals surface area (Å²) in [7, 11) is 0. The molecular weight excluding hydrogens is 312 g/mol. The van der Waals surface area contributed by atoms with Gasteiger partial charge in [-0.15, -0.1) is 0 Å². The highest BCUT2D eigenvalue weighted by atomic mass is 16.6. The third-order valence-corrected chi connectivity index (χ3v) is 4.16. The van der Waals surface area contributed by atoms with Crippen LogP contribution in [0.15, 0.2) is 9.26 Å². The molecule has 0 aliphatic carbocycles. The molecule has 0 amide bonds. The standard InChI is InChI=1S/C16H26N4O4/c1-9(2)11-12(18-23-17-11)10(21)7-8-15(3,4)13-14(16(5,6)22)20-24-19-13/h9-10,21-22H,7-8H2,1-6H3/t10-/m1/s1. The highest BCUT2D eigenvalue weighted by Gasteiger charge is 2.35. The first-order valence-electron chi connectivity index (χ1n) is 8.10. The summed E-state index contributed by atoms with van der Waals surface area (Å²) in [6.45, 7) is 11.2. The van der Waals surface area contributed by atoms with Gasteiger partial charge in [-0.25, -0.2) is 9.26 Å². The molecule has 134 valence electrons. The largest absolute Gasteiger partial charge is 0.387 e. The van der Waals surface area contributed by atoms with E-state index in [1.807, 2.05) is 27.7 Å². The lowest BCUT2D eigenvalue weighted by Crippen LogP contribution is -2.26. The summed E-state index contributed by atoms with van der Waals surface area (Å²) in [5.41, 5.74) is 0.553. The SMILES string of the molecule is CC(C)c1nonc1[C@H](O)CCC(C)(C)c1nonc1C(C)(C)O. The molecule has 0 saturated carbocycles. The van der Waals surface area contributed by atoms with Gasteiger partial charge in [-0.2, -0.15) is 0 Å². The number of aromatic nitrogens is 4. The molecule has 2 aromatic rings. The second-order valence-corrected chi connectivity index (χ2v) is 7.65. The Bertz CT molecular complexity index is 670.